The summed E-state index contributed by atoms with van der Waals surface area (Å²) < 4.78 is 36.4. The van der Waals surface area contributed by atoms with Crippen LogP contribution >= 0.6 is 11.8 Å². The molecule has 0 fully saturated rings. The number of hydrogen-bond donors (Lipinski definition) is 2. The molecule has 0 saturated heterocycles. The summed E-state index contributed by atoms with van der Waals surface area (Å²) in [6.45, 7) is 4.90. The summed E-state index contributed by atoms with van der Waals surface area (Å²) in [6.07, 6.45) is -6.83. The predicted octanol–water partition coefficient (Wildman–Crippen LogP) is 3.37. The Kier molecular flexibility index (Phi) is 6.16. The summed E-state index contributed by atoms with van der Waals surface area (Å²) in [5, 5.41) is 12.2. The van der Waals surface area contributed by atoms with E-state index in [1.807, 2.05) is 26.0 Å². The Bertz CT molecular complexity index is 380. The van der Waals surface area contributed by atoms with E-state index >= 15 is 0 Å². The van der Waals surface area contributed by atoms with Gasteiger partial charge in [0.1, 0.15) is 0 Å². The standard InChI is InChI=1S/C13H18F3NOS/c1-3-17-9(2)10-4-6-11(7-5-10)19-8-12(18)13(14,15)16/h4-7,9,12,17-18H,3,8H2,1-2H3. The van der Waals surface area contributed by atoms with E-state index in [9.17, 15) is 13.2 Å². The molecule has 0 aliphatic carbocycles. The molecule has 0 heterocycles. The van der Waals surface area contributed by atoms with Crippen molar-refractivity contribution < 1.29 is 18.3 Å². The van der Waals surface area contributed by atoms with Crippen molar-refractivity contribution in [3.8, 4) is 0 Å². The fraction of sp³-hybridized carbons (Fsp3) is 0.538. The summed E-state index contributed by atoms with van der Waals surface area (Å²) in [6, 6.07) is 7.53. The molecule has 19 heavy (non-hydrogen) atoms. The third kappa shape index (κ3) is 5.42. The van der Waals surface area contributed by atoms with Crippen molar-refractivity contribution in [3.63, 3.8) is 0 Å². The first-order valence-corrected chi connectivity index (χ1v) is 7.04. The molecule has 0 saturated carbocycles. The number of hydrogen-bond acceptors (Lipinski definition) is 3. The van der Waals surface area contributed by atoms with Gasteiger partial charge >= 0.3 is 6.18 Å². The zero-order valence-electron chi connectivity index (χ0n) is 10.9. The molecule has 6 heteroatoms. The number of aliphatic hydroxyl groups is 1. The maximum absolute atomic E-state index is 12.1. The second kappa shape index (κ2) is 7.17. The lowest BCUT2D eigenvalue weighted by Gasteiger charge is -2.15. The molecular weight excluding hydrogens is 275 g/mol. The molecule has 0 aromatic heterocycles. The lowest BCUT2D eigenvalue weighted by atomic mass is 10.1. The zero-order valence-corrected chi connectivity index (χ0v) is 11.7. The van der Waals surface area contributed by atoms with Crippen LogP contribution in [0.2, 0.25) is 0 Å². The zero-order chi connectivity index (χ0) is 14.5. The second-order valence-corrected chi connectivity index (χ2v) is 5.31. The number of aliphatic hydroxyl groups excluding tert-OH is 1. The molecular formula is C13H18F3NOS. The first-order chi connectivity index (χ1) is 8.84. The Labute approximate surface area is 115 Å². The van der Waals surface area contributed by atoms with Gasteiger partial charge < -0.3 is 10.4 Å². The van der Waals surface area contributed by atoms with Gasteiger partial charge in [-0.1, -0.05) is 19.1 Å². The summed E-state index contributed by atoms with van der Waals surface area (Å²) in [7, 11) is 0. The molecule has 0 bridgehead atoms. The maximum Gasteiger partial charge on any atom is 0.415 e. The molecule has 2 N–H and O–H groups in total. The molecule has 0 aliphatic rings. The SMILES string of the molecule is CCNC(C)c1ccc(SCC(O)C(F)(F)F)cc1. The van der Waals surface area contributed by atoms with Crippen LogP contribution in [0.1, 0.15) is 25.5 Å². The molecule has 2 nitrogen and oxygen atoms in total. The fourth-order valence-corrected chi connectivity index (χ4v) is 2.41. The topological polar surface area (TPSA) is 32.3 Å². The van der Waals surface area contributed by atoms with Gasteiger partial charge in [0.05, 0.1) is 0 Å². The Balaban J connectivity index is 2.53. The Morgan fingerprint density at radius 1 is 1.26 bits per heavy atom. The molecule has 0 spiro atoms. The summed E-state index contributed by atoms with van der Waals surface area (Å²) in [5.74, 6) is -0.383. The predicted molar refractivity (Wildman–Crippen MR) is 71.3 cm³/mol. The Morgan fingerprint density at radius 3 is 2.32 bits per heavy atom. The van der Waals surface area contributed by atoms with Crippen molar-refractivity contribution in [1.29, 1.82) is 0 Å². The van der Waals surface area contributed by atoms with Gasteiger partial charge in [0.15, 0.2) is 6.10 Å². The molecule has 1 rings (SSSR count). The number of halogens is 3. The van der Waals surface area contributed by atoms with E-state index in [-0.39, 0.29) is 11.8 Å². The highest BCUT2D eigenvalue weighted by atomic mass is 32.2. The molecule has 0 amide bonds. The number of thioether (sulfide) groups is 1. The molecule has 0 radical (unpaired) electrons. The minimum absolute atomic E-state index is 0.213. The highest BCUT2D eigenvalue weighted by molar-refractivity contribution is 7.99. The summed E-state index contributed by atoms with van der Waals surface area (Å²) >= 11 is 0.999. The lowest BCUT2D eigenvalue weighted by molar-refractivity contribution is -0.195. The van der Waals surface area contributed by atoms with Crippen molar-refractivity contribution in [2.75, 3.05) is 12.3 Å². The Hall–Kier alpha value is -0.720. The third-order valence-electron chi connectivity index (χ3n) is 2.68. The Morgan fingerprint density at radius 2 is 1.84 bits per heavy atom. The van der Waals surface area contributed by atoms with Gasteiger partial charge in [-0.15, -0.1) is 11.8 Å². The molecule has 1 aromatic carbocycles. The van der Waals surface area contributed by atoms with Crippen LogP contribution in [0, 0.1) is 0 Å². The van der Waals surface area contributed by atoms with Gasteiger partial charge in [-0.2, -0.15) is 13.2 Å². The number of rotatable bonds is 6. The largest absolute Gasteiger partial charge is 0.415 e. The highest BCUT2D eigenvalue weighted by Crippen LogP contribution is 2.27. The monoisotopic (exact) mass is 293 g/mol. The average molecular weight is 293 g/mol. The van der Waals surface area contributed by atoms with Crippen LogP contribution < -0.4 is 5.32 Å². The van der Waals surface area contributed by atoms with Crippen LogP contribution in [-0.2, 0) is 0 Å². The van der Waals surface area contributed by atoms with Crippen molar-refractivity contribution in [1.82, 2.24) is 5.32 Å². The minimum Gasteiger partial charge on any atom is -0.383 e. The van der Waals surface area contributed by atoms with E-state index in [1.54, 1.807) is 12.1 Å². The smallest absolute Gasteiger partial charge is 0.383 e. The molecule has 0 aliphatic heterocycles. The van der Waals surface area contributed by atoms with Gasteiger partial charge in [0.25, 0.3) is 0 Å². The second-order valence-electron chi connectivity index (χ2n) is 4.22. The van der Waals surface area contributed by atoms with Gasteiger partial charge in [0, 0.05) is 16.7 Å². The average Bonchev–Trinajstić information content (AvgIpc) is 2.35. The molecule has 1 aromatic rings. The van der Waals surface area contributed by atoms with E-state index in [2.05, 4.69) is 5.32 Å². The lowest BCUT2D eigenvalue weighted by Crippen LogP contribution is -2.30. The number of nitrogens with one attached hydrogen (secondary N) is 1. The number of benzene rings is 1. The van der Waals surface area contributed by atoms with Crippen LogP contribution in [0.5, 0.6) is 0 Å². The normalized spacial score (nSPS) is 15.3. The third-order valence-corrected chi connectivity index (χ3v) is 3.76. The molecule has 2 unspecified atom stereocenters. The molecule has 2 atom stereocenters. The summed E-state index contributed by atoms with van der Waals surface area (Å²) in [5.41, 5.74) is 1.09. The van der Waals surface area contributed by atoms with Gasteiger partial charge in [-0.25, -0.2) is 0 Å². The van der Waals surface area contributed by atoms with Crippen LogP contribution in [0.15, 0.2) is 29.2 Å². The maximum atomic E-state index is 12.1. The van der Waals surface area contributed by atoms with Crippen LogP contribution in [0.4, 0.5) is 13.2 Å². The van der Waals surface area contributed by atoms with Crippen molar-refractivity contribution in [2.24, 2.45) is 0 Å². The van der Waals surface area contributed by atoms with Crippen molar-refractivity contribution in [3.05, 3.63) is 29.8 Å². The first kappa shape index (κ1) is 16.3. The van der Waals surface area contributed by atoms with Crippen LogP contribution in [-0.4, -0.2) is 29.7 Å². The van der Waals surface area contributed by atoms with Crippen molar-refractivity contribution in [2.45, 2.75) is 37.1 Å². The first-order valence-electron chi connectivity index (χ1n) is 6.05. The number of alkyl halides is 3. The highest BCUT2D eigenvalue weighted by Gasteiger charge is 2.37. The van der Waals surface area contributed by atoms with E-state index in [4.69, 9.17) is 5.11 Å². The van der Waals surface area contributed by atoms with Gasteiger partial charge in [0.2, 0.25) is 0 Å². The van der Waals surface area contributed by atoms with Crippen LogP contribution in [0.25, 0.3) is 0 Å². The van der Waals surface area contributed by atoms with Gasteiger partial charge in [-0.3, -0.25) is 0 Å². The fourth-order valence-electron chi connectivity index (χ4n) is 1.55. The van der Waals surface area contributed by atoms with E-state index in [0.717, 1.165) is 28.8 Å². The van der Waals surface area contributed by atoms with E-state index in [1.165, 1.54) is 0 Å². The van der Waals surface area contributed by atoms with E-state index in [0.29, 0.717) is 0 Å². The quantitative estimate of drug-likeness (QED) is 0.789. The summed E-state index contributed by atoms with van der Waals surface area (Å²) in [4.78, 5) is 0.718. The van der Waals surface area contributed by atoms with E-state index < -0.39 is 12.3 Å². The van der Waals surface area contributed by atoms with Crippen molar-refractivity contribution >= 4 is 11.8 Å². The minimum atomic E-state index is -4.55. The molecule has 108 valence electrons. The van der Waals surface area contributed by atoms with Gasteiger partial charge in [-0.05, 0) is 31.2 Å². The van der Waals surface area contributed by atoms with Crippen LogP contribution in [0.3, 0.4) is 0 Å².